The van der Waals surface area contributed by atoms with Crippen LogP contribution < -0.4 is 0 Å². The number of rotatable bonds is 4. The lowest BCUT2D eigenvalue weighted by Gasteiger charge is -2.25. The minimum Gasteiger partial charge on any atom is -0.347 e. The molecule has 156 valence electrons. The van der Waals surface area contributed by atoms with E-state index in [1.54, 1.807) is 12.1 Å². The number of nitrogens with zero attached hydrogens (tertiary/aromatic N) is 4. The summed E-state index contributed by atoms with van der Waals surface area (Å²) in [5, 5.41) is 5.62. The molecular formula is C25H24N4O2. The van der Waals surface area contributed by atoms with Gasteiger partial charge in [-0.25, -0.2) is 9.78 Å². The van der Waals surface area contributed by atoms with Crippen LogP contribution in [0, 0.1) is 12.8 Å². The van der Waals surface area contributed by atoms with Crippen LogP contribution in [0.4, 0.5) is 0 Å². The van der Waals surface area contributed by atoms with Gasteiger partial charge in [0.2, 0.25) is 0 Å². The molecule has 0 N–H and O–H groups in total. The number of aryl methyl sites for hydroxylation is 2. The highest BCUT2D eigenvalue weighted by Gasteiger charge is 2.32. The maximum Gasteiger partial charge on any atom is 0.365 e. The molecule has 2 heterocycles. The molecule has 1 atom stereocenters. The van der Waals surface area contributed by atoms with Gasteiger partial charge in [-0.1, -0.05) is 41.6 Å². The van der Waals surface area contributed by atoms with Crippen LogP contribution in [0.1, 0.15) is 33.9 Å². The summed E-state index contributed by atoms with van der Waals surface area (Å²) in [4.78, 5) is 22.4. The van der Waals surface area contributed by atoms with Crippen molar-refractivity contribution in [2.45, 2.75) is 26.3 Å². The Kier molecular flexibility index (Phi) is 4.90. The van der Waals surface area contributed by atoms with E-state index in [0.717, 1.165) is 47.4 Å². The first-order chi connectivity index (χ1) is 15.1. The number of fused-ring (bicyclic) bond motifs is 3. The van der Waals surface area contributed by atoms with Crippen molar-refractivity contribution in [2.24, 2.45) is 18.1 Å². The molecule has 2 aromatic carbocycles. The van der Waals surface area contributed by atoms with Crippen LogP contribution >= 0.6 is 0 Å². The van der Waals surface area contributed by atoms with E-state index >= 15 is 0 Å². The Hall–Kier alpha value is -3.67. The van der Waals surface area contributed by atoms with Gasteiger partial charge >= 0.3 is 5.97 Å². The molecule has 1 aliphatic carbocycles. The summed E-state index contributed by atoms with van der Waals surface area (Å²) in [7, 11) is 2.09. The van der Waals surface area contributed by atoms with E-state index in [1.165, 1.54) is 5.69 Å². The number of carbonyl (C=O) groups excluding carboxylic acids is 1. The molecule has 2 aromatic heterocycles. The van der Waals surface area contributed by atoms with Crippen molar-refractivity contribution in [3.05, 3.63) is 89.6 Å². The second-order valence-electron chi connectivity index (χ2n) is 7.98. The Morgan fingerprint density at radius 2 is 1.94 bits per heavy atom. The number of para-hydroxylation sites is 1. The van der Waals surface area contributed by atoms with Gasteiger partial charge in [0.25, 0.3) is 0 Å². The number of aromatic nitrogens is 3. The SMILES string of the molecule is Cc1nccn1CC1CCc2c(c3ccccc3n2C)C1=NOC(=O)c1ccccc1. The number of hydrogen-bond acceptors (Lipinski definition) is 4. The Morgan fingerprint density at radius 3 is 2.71 bits per heavy atom. The highest BCUT2D eigenvalue weighted by atomic mass is 16.7. The first-order valence-electron chi connectivity index (χ1n) is 10.5. The predicted molar refractivity (Wildman–Crippen MR) is 120 cm³/mol. The number of benzene rings is 2. The van der Waals surface area contributed by atoms with Crippen molar-refractivity contribution < 1.29 is 9.63 Å². The van der Waals surface area contributed by atoms with E-state index in [4.69, 9.17) is 4.84 Å². The topological polar surface area (TPSA) is 61.4 Å². The van der Waals surface area contributed by atoms with Crippen molar-refractivity contribution in [3.63, 3.8) is 0 Å². The minimum absolute atomic E-state index is 0.120. The molecule has 0 radical (unpaired) electrons. The van der Waals surface area contributed by atoms with Crippen molar-refractivity contribution in [3.8, 4) is 0 Å². The predicted octanol–water partition coefficient (Wildman–Crippen LogP) is 4.51. The van der Waals surface area contributed by atoms with Gasteiger partial charge in [0, 0.05) is 54.1 Å². The smallest absolute Gasteiger partial charge is 0.347 e. The highest BCUT2D eigenvalue weighted by Crippen LogP contribution is 2.35. The fourth-order valence-electron chi connectivity index (χ4n) is 4.53. The number of hydrogen-bond donors (Lipinski definition) is 0. The molecule has 1 unspecified atom stereocenters. The molecule has 4 aromatic rings. The average molecular weight is 412 g/mol. The maximum atomic E-state index is 12.6. The van der Waals surface area contributed by atoms with Crippen LogP contribution in [0.15, 0.2) is 72.1 Å². The molecule has 0 saturated carbocycles. The third kappa shape index (κ3) is 3.44. The summed E-state index contributed by atoms with van der Waals surface area (Å²) in [5.74, 6) is 0.636. The summed E-state index contributed by atoms with van der Waals surface area (Å²) >= 11 is 0. The molecule has 0 amide bonds. The average Bonchev–Trinajstić information content (AvgIpc) is 3.34. The summed E-state index contributed by atoms with van der Waals surface area (Å²) in [5.41, 5.74) is 4.80. The van der Waals surface area contributed by atoms with Gasteiger partial charge in [-0.3, -0.25) is 0 Å². The van der Waals surface area contributed by atoms with Crippen LogP contribution in [0.5, 0.6) is 0 Å². The Morgan fingerprint density at radius 1 is 1.16 bits per heavy atom. The van der Waals surface area contributed by atoms with E-state index in [9.17, 15) is 4.79 Å². The zero-order chi connectivity index (χ0) is 21.4. The van der Waals surface area contributed by atoms with E-state index in [1.807, 2.05) is 49.6 Å². The third-order valence-corrected chi connectivity index (χ3v) is 6.18. The summed E-state index contributed by atoms with van der Waals surface area (Å²) in [6.45, 7) is 2.74. The molecule has 0 aliphatic heterocycles. The van der Waals surface area contributed by atoms with Crippen molar-refractivity contribution in [1.29, 1.82) is 0 Å². The second kappa shape index (κ2) is 7.87. The monoisotopic (exact) mass is 412 g/mol. The van der Waals surface area contributed by atoms with Gasteiger partial charge in [0.15, 0.2) is 0 Å². The van der Waals surface area contributed by atoms with Crippen molar-refractivity contribution in [2.75, 3.05) is 0 Å². The van der Waals surface area contributed by atoms with Gasteiger partial charge in [-0.15, -0.1) is 0 Å². The van der Waals surface area contributed by atoms with Crippen molar-refractivity contribution >= 4 is 22.6 Å². The third-order valence-electron chi connectivity index (χ3n) is 6.18. The van der Waals surface area contributed by atoms with Crippen molar-refractivity contribution in [1.82, 2.24) is 14.1 Å². The Balaban J connectivity index is 1.58. The second-order valence-corrected chi connectivity index (χ2v) is 7.98. The first kappa shape index (κ1) is 19.3. The van der Waals surface area contributed by atoms with Gasteiger partial charge in [0.1, 0.15) is 5.82 Å². The zero-order valence-corrected chi connectivity index (χ0v) is 17.7. The number of oxime groups is 1. The zero-order valence-electron chi connectivity index (χ0n) is 17.7. The van der Waals surface area contributed by atoms with Gasteiger partial charge < -0.3 is 14.0 Å². The Labute approximate surface area is 180 Å². The van der Waals surface area contributed by atoms with Gasteiger partial charge in [-0.2, -0.15) is 0 Å². The molecule has 0 fully saturated rings. The largest absolute Gasteiger partial charge is 0.365 e. The number of carbonyl (C=O) groups is 1. The molecule has 31 heavy (non-hydrogen) atoms. The lowest BCUT2D eigenvalue weighted by molar-refractivity contribution is 0.0513. The molecule has 0 spiro atoms. The van der Waals surface area contributed by atoms with E-state index in [2.05, 4.69) is 38.5 Å². The maximum absolute atomic E-state index is 12.6. The lowest BCUT2D eigenvalue weighted by atomic mass is 9.84. The Bertz CT molecular complexity index is 1280. The molecular weight excluding hydrogens is 388 g/mol. The first-order valence-corrected chi connectivity index (χ1v) is 10.5. The summed E-state index contributed by atoms with van der Waals surface area (Å²) in [6, 6.07) is 17.3. The van der Waals surface area contributed by atoms with E-state index < -0.39 is 5.97 Å². The van der Waals surface area contributed by atoms with Gasteiger partial charge in [0.05, 0.1) is 11.3 Å². The lowest BCUT2D eigenvalue weighted by Crippen LogP contribution is -2.28. The van der Waals surface area contributed by atoms with E-state index in [0.29, 0.717) is 5.56 Å². The van der Waals surface area contributed by atoms with Crippen LogP contribution in [0.3, 0.4) is 0 Å². The summed E-state index contributed by atoms with van der Waals surface area (Å²) in [6.07, 6.45) is 5.68. The highest BCUT2D eigenvalue weighted by molar-refractivity contribution is 6.14. The van der Waals surface area contributed by atoms with Gasteiger partial charge in [-0.05, 0) is 38.0 Å². The fraction of sp³-hybridized carbons (Fsp3) is 0.240. The van der Waals surface area contributed by atoms with Crippen LogP contribution in [-0.4, -0.2) is 25.8 Å². The van der Waals surface area contributed by atoms with Crippen LogP contribution in [0.2, 0.25) is 0 Å². The molecule has 1 aliphatic rings. The molecule has 6 heteroatoms. The molecule has 0 saturated heterocycles. The number of imidazole rings is 1. The standard InChI is InChI=1S/C25H24N4O2/c1-17-26-14-15-29(17)16-19-12-13-22-23(20-10-6-7-11-21(20)28(22)2)24(19)27-31-25(30)18-8-4-3-5-9-18/h3-11,14-15,19H,12-13,16H2,1-2H3. The normalized spacial score (nSPS) is 17.1. The molecule has 5 rings (SSSR count). The minimum atomic E-state index is -0.446. The summed E-state index contributed by atoms with van der Waals surface area (Å²) < 4.78 is 4.37. The molecule has 0 bridgehead atoms. The van der Waals surface area contributed by atoms with Crippen LogP contribution in [0.25, 0.3) is 10.9 Å². The molecule has 6 nitrogen and oxygen atoms in total. The van der Waals surface area contributed by atoms with E-state index in [-0.39, 0.29) is 5.92 Å². The quantitative estimate of drug-likeness (QED) is 0.366. The van der Waals surface area contributed by atoms with Crippen LogP contribution in [-0.2, 0) is 24.9 Å². The fourth-order valence-corrected chi connectivity index (χ4v) is 4.53.